The summed E-state index contributed by atoms with van der Waals surface area (Å²) in [7, 11) is 1.79. The second-order valence-electron chi connectivity index (χ2n) is 13.6. The van der Waals surface area contributed by atoms with Crippen LogP contribution in [0.3, 0.4) is 0 Å². The lowest BCUT2D eigenvalue weighted by atomic mass is 9.92. The van der Waals surface area contributed by atoms with Gasteiger partial charge in [0.2, 0.25) is 0 Å². The zero-order chi connectivity index (χ0) is 33.8. The molecule has 0 unspecified atom stereocenters. The number of nitrogens with zero attached hydrogens (tertiary/aromatic N) is 5. The zero-order valence-electron chi connectivity index (χ0n) is 28.4. The molecule has 0 bridgehead atoms. The van der Waals surface area contributed by atoms with E-state index in [0.29, 0.717) is 48.7 Å². The third kappa shape index (κ3) is 7.38. The topological polar surface area (TPSA) is 82.3 Å². The third-order valence-electron chi connectivity index (χ3n) is 10.0. The molecule has 3 aromatic heterocycles. The Labute approximate surface area is 281 Å². The minimum absolute atomic E-state index is 0.0146. The van der Waals surface area contributed by atoms with E-state index in [2.05, 4.69) is 10.00 Å². The first-order valence-electron chi connectivity index (χ1n) is 17.5. The molecule has 256 valence electrons. The molecule has 4 aromatic rings. The van der Waals surface area contributed by atoms with Gasteiger partial charge in [0.15, 0.2) is 0 Å². The van der Waals surface area contributed by atoms with E-state index in [1.807, 2.05) is 36.0 Å². The van der Waals surface area contributed by atoms with Crippen molar-refractivity contribution in [1.82, 2.24) is 19.3 Å². The van der Waals surface area contributed by atoms with Gasteiger partial charge in [-0.05, 0) is 87.8 Å². The highest BCUT2D eigenvalue weighted by molar-refractivity contribution is 5.94. The van der Waals surface area contributed by atoms with Gasteiger partial charge in [0.1, 0.15) is 11.6 Å². The summed E-state index contributed by atoms with van der Waals surface area (Å²) in [5, 5.41) is 5.37. The smallest absolute Gasteiger partial charge is 0.264 e. The highest BCUT2D eigenvalue weighted by atomic mass is 19.3. The number of hydrogen-bond donors (Lipinski definition) is 0. The Bertz CT molecular complexity index is 1830. The molecule has 0 atom stereocenters. The normalized spacial score (nSPS) is 15.4. The molecule has 6 rings (SSSR count). The van der Waals surface area contributed by atoms with E-state index in [1.54, 1.807) is 30.8 Å². The fourth-order valence-electron chi connectivity index (χ4n) is 7.30. The fourth-order valence-corrected chi connectivity index (χ4v) is 7.30. The number of aromatic nitrogens is 4. The Hall–Kier alpha value is -3.92. The number of ketones is 1. The van der Waals surface area contributed by atoms with Crippen LogP contribution in [0.25, 0.3) is 22.0 Å². The second kappa shape index (κ2) is 15.1. The minimum Gasteiger partial charge on any atom is -0.381 e. The summed E-state index contributed by atoms with van der Waals surface area (Å²) >= 11 is 0. The third-order valence-corrected chi connectivity index (χ3v) is 10.0. The number of carbonyl (C=O) groups excluding carboxylic acids is 1. The number of aryl methyl sites for hydroxylation is 4. The van der Waals surface area contributed by atoms with Gasteiger partial charge in [-0.15, -0.1) is 0 Å². The van der Waals surface area contributed by atoms with Crippen LogP contribution in [0.4, 0.5) is 20.3 Å². The monoisotopic (exact) mass is 659 g/mol. The lowest BCUT2D eigenvalue weighted by Gasteiger charge is -2.33. The molecular formula is C38H47F2N5O3. The SMILES string of the molecule is CC(=O)CCCCCCCCn1cc(-c2cc3c(cc2C(F)F)N(c2nc(C4CCOCC4)cc4c2cc(C)c(=O)n4C)CCC3)cn1. The average Bonchev–Trinajstić information content (AvgIpc) is 3.56. The molecule has 0 radical (unpaired) electrons. The summed E-state index contributed by atoms with van der Waals surface area (Å²) in [5.41, 5.74) is 5.25. The molecule has 0 N–H and O–H groups in total. The summed E-state index contributed by atoms with van der Waals surface area (Å²) in [5.74, 6) is 1.17. The quantitative estimate of drug-likeness (QED) is 0.134. The van der Waals surface area contributed by atoms with E-state index in [0.717, 1.165) is 98.6 Å². The number of hydrogen-bond acceptors (Lipinski definition) is 6. The Kier molecular flexibility index (Phi) is 10.7. The molecule has 2 aliphatic heterocycles. The van der Waals surface area contributed by atoms with Crippen molar-refractivity contribution in [1.29, 1.82) is 0 Å². The summed E-state index contributed by atoms with van der Waals surface area (Å²) in [4.78, 5) is 31.4. The lowest BCUT2D eigenvalue weighted by Crippen LogP contribution is -2.28. The van der Waals surface area contributed by atoms with Crippen molar-refractivity contribution < 1.29 is 18.3 Å². The van der Waals surface area contributed by atoms with E-state index in [-0.39, 0.29) is 22.8 Å². The Morgan fingerprint density at radius 2 is 1.79 bits per heavy atom. The Morgan fingerprint density at radius 3 is 2.54 bits per heavy atom. The Morgan fingerprint density at radius 1 is 1.04 bits per heavy atom. The molecule has 8 nitrogen and oxygen atoms in total. The van der Waals surface area contributed by atoms with Gasteiger partial charge in [0.05, 0.1) is 11.7 Å². The van der Waals surface area contributed by atoms with Crippen LogP contribution in [0.5, 0.6) is 0 Å². The van der Waals surface area contributed by atoms with Gasteiger partial charge in [-0.1, -0.05) is 25.7 Å². The first-order chi connectivity index (χ1) is 23.2. The number of Topliss-reactive ketones (excluding diaryl/α,β-unsaturated/α-hetero) is 1. The number of alkyl halides is 2. The first-order valence-corrected chi connectivity index (χ1v) is 17.5. The van der Waals surface area contributed by atoms with E-state index in [4.69, 9.17) is 9.72 Å². The van der Waals surface area contributed by atoms with Crippen LogP contribution in [0.1, 0.15) is 106 Å². The number of anilines is 2. The summed E-state index contributed by atoms with van der Waals surface area (Å²) < 4.78 is 38.8. The van der Waals surface area contributed by atoms with E-state index >= 15 is 0 Å². The molecule has 1 aromatic carbocycles. The molecule has 0 amide bonds. The van der Waals surface area contributed by atoms with Gasteiger partial charge in [0, 0.05) is 85.3 Å². The van der Waals surface area contributed by atoms with Crippen molar-refractivity contribution in [3.63, 3.8) is 0 Å². The minimum atomic E-state index is -2.67. The van der Waals surface area contributed by atoms with E-state index in [1.165, 1.54) is 0 Å². The van der Waals surface area contributed by atoms with Crippen molar-refractivity contribution in [2.45, 2.75) is 103 Å². The maximum Gasteiger partial charge on any atom is 0.264 e. The molecule has 0 aliphatic carbocycles. The van der Waals surface area contributed by atoms with Crippen LogP contribution in [-0.4, -0.2) is 44.9 Å². The van der Waals surface area contributed by atoms with Crippen LogP contribution in [0.2, 0.25) is 0 Å². The predicted molar refractivity (Wildman–Crippen MR) is 185 cm³/mol. The molecule has 48 heavy (non-hydrogen) atoms. The van der Waals surface area contributed by atoms with Crippen molar-refractivity contribution in [3.8, 4) is 11.1 Å². The molecule has 1 fully saturated rings. The number of fused-ring (bicyclic) bond motifs is 2. The summed E-state index contributed by atoms with van der Waals surface area (Å²) in [6, 6.07) is 7.51. The van der Waals surface area contributed by atoms with Crippen molar-refractivity contribution >= 4 is 28.2 Å². The molecule has 2 aliphatic rings. The van der Waals surface area contributed by atoms with Crippen LogP contribution in [0, 0.1) is 6.92 Å². The molecule has 0 spiro atoms. The number of benzene rings is 1. The van der Waals surface area contributed by atoms with Gasteiger partial charge in [0.25, 0.3) is 12.0 Å². The average molecular weight is 660 g/mol. The highest BCUT2D eigenvalue weighted by Gasteiger charge is 2.28. The molecule has 1 saturated heterocycles. The Balaban J connectivity index is 1.29. The van der Waals surface area contributed by atoms with Gasteiger partial charge in [-0.2, -0.15) is 5.10 Å². The van der Waals surface area contributed by atoms with Crippen LogP contribution < -0.4 is 10.5 Å². The number of rotatable bonds is 13. The van der Waals surface area contributed by atoms with Crippen molar-refractivity contribution in [2.75, 3.05) is 24.7 Å². The zero-order valence-corrected chi connectivity index (χ0v) is 28.4. The largest absolute Gasteiger partial charge is 0.381 e. The lowest BCUT2D eigenvalue weighted by molar-refractivity contribution is -0.117. The molecule has 0 saturated carbocycles. The summed E-state index contributed by atoms with van der Waals surface area (Å²) in [6.45, 7) is 6.16. The maximum atomic E-state index is 14.8. The van der Waals surface area contributed by atoms with Gasteiger partial charge < -0.3 is 19.0 Å². The number of carbonyl (C=O) groups is 1. The fraction of sp³-hybridized carbons (Fsp3) is 0.526. The predicted octanol–water partition coefficient (Wildman–Crippen LogP) is 8.34. The van der Waals surface area contributed by atoms with Crippen LogP contribution >= 0.6 is 0 Å². The van der Waals surface area contributed by atoms with Crippen LogP contribution in [-0.2, 0) is 29.5 Å². The summed E-state index contributed by atoms with van der Waals surface area (Å²) in [6.07, 6.45) is 11.2. The number of pyridine rings is 2. The van der Waals surface area contributed by atoms with Crippen LogP contribution in [0.15, 0.2) is 41.5 Å². The molecule has 5 heterocycles. The van der Waals surface area contributed by atoms with Gasteiger partial charge in [-0.3, -0.25) is 9.48 Å². The van der Waals surface area contributed by atoms with Gasteiger partial charge in [-0.25, -0.2) is 13.8 Å². The van der Waals surface area contributed by atoms with Crippen molar-refractivity contribution in [2.24, 2.45) is 7.05 Å². The number of unbranched alkanes of at least 4 members (excludes halogenated alkanes) is 5. The number of ether oxygens (including phenoxy) is 1. The van der Waals surface area contributed by atoms with Gasteiger partial charge >= 0.3 is 0 Å². The van der Waals surface area contributed by atoms with E-state index < -0.39 is 6.43 Å². The van der Waals surface area contributed by atoms with Crippen molar-refractivity contribution in [3.05, 3.63) is 69.4 Å². The second-order valence-corrected chi connectivity index (χ2v) is 13.6. The standard InChI is InChI=1S/C38H47F2N5O3/c1-25-19-32-35(43(3)38(25)47)22-33(27-13-17-48-18-14-27)42-37(32)45-16-10-12-28-20-30(31(36(39)40)21-34(28)45)29-23-41-44(24-29)15-9-7-5-4-6-8-11-26(2)46/h19-24,27,36H,4-18H2,1-3H3. The molecular weight excluding hydrogens is 612 g/mol. The highest BCUT2D eigenvalue weighted by Crippen LogP contribution is 2.43. The first kappa shape index (κ1) is 34.0. The number of halogens is 2. The maximum absolute atomic E-state index is 14.8. The van der Waals surface area contributed by atoms with E-state index in [9.17, 15) is 18.4 Å². The molecule has 10 heteroatoms.